The Bertz CT molecular complexity index is 224. The van der Waals surface area contributed by atoms with Crippen molar-refractivity contribution < 1.29 is 31.4 Å². The summed E-state index contributed by atoms with van der Waals surface area (Å²) in [6.45, 7) is 3.56. The van der Waals surface area contributed by atoms with Crippen LogP contribution in [0, 0.1) is 5.41 Å². The summed E-state index contributed by atoms with van der Waals surface area (Å²) in [4.78, 5) is 0. The number of hydrogen-bond donors (Lipinski definition) is 1. The zero-order valence-electron chi connectivity index (χ0n) is 7.84. The first-order valence-electron chi connectivity index (χ1n) is 4.02. The van der Waals surface area contributed by atoms with Gasteiger partial charge in [0.1, 0.15) is 5.76 Å². The normalized spacial score (nSPS) is 14.1. The molecule has 0 saturated carbocycles. The van der Waals surface area contributed by atoms with Crippen molar-refractivity contribution in [3.05, 3.63) is 12.3 Å². The zero-order chi connectivity index (χ0) is 12.5. The van der Waals surface area contributed by atoms with Crippen molar-refractivity contribution in [1.82, 2.24) is 0 Å². The lowest BCUT2D eigenvalue weighted by molar-refractivity contribution is -0.335. The van der Waals surface area contributed by atoms with Crippen molar-refractivity contribution in [2.24, 2.45) is 5.41 Å². The quantitative estimate of drug-likeness (QED) is 0.580. The van der Waals surface area contributed by atoms with Gasteiger partial charge in [0, 0.05) is 0 Å². The topological polar surface area (TPSA) is 20.2 Å². The molecule has 1 N–H and O–H groups in total. The molecule has 0 amide bonds. The number of rotatable bonds is 3. The fourth-order valence-corrected chi connectivity index (χ4v) is 1.29. The Morgan fingerprint density at radius 3 is 1.47 bits per heavy atom. The van der Waals surface area contributed by atoms with E-state index in [1.54, 1.807) is 0 Å². The molecule has 0 heterocycles. The van der Waals surface area contributed by atoms with Crippen LogP contribution in [0.25, 0.3) is 0 Å². The maximum atomic E-state index is 12.4. The van der Waals surface area contributed by atoms with E-state index in [0.29, 0.717) is 0 Å². The first-order valence-corrected chi connectivity index (χ1v) is 4.02. The second-order valence-corrected chi connectivity index (χ2v) is 3.10. The van der Waals surface area contributed by atoms with Crippen LogP contribution in [0.2, 0.25) is 0 Å². The minimum absolute atomic E-state index is 0.376. The van der Waals surface area contributed by atoms with Gasteiger partial charge in [0.15, 0.2) is 0 Å². The van der Waals surface area contributed by atoms with Crippen molar-refractivity contribution in [2.45, 2.75) is 32.1 Å². The summed E-state index contributed by atoms with van der Waals surface area (Å²) in [5.74, 6) is -1.91. The minimum Gasteiger partial charge on any atom is -0.512 e. The molecule has 1 nitrogen and oxygen atoms in total. The van der Waals surface area contributed by atoms with Gasteiger partial charge >= 0.3 is 12.4 Å². The Morgan fingerprint density at radius 2 is 1.40 bits per heavy atom. The van der Waals surface area contributed by atoms with Crippen molar-refractivity contribution in [1.29, 1.82) is 0 Å². The molecule has 0 bridgehead atoms. The average molecular weight is 236 g/mol. The van der Waals surface area contributed by atoms with Crippen LogP contribution < -0.4 is 0 Å². The largest absolute Gasteiger partial charge is 0.512 e. The standard InChI is InChI=1S/C8H10F6O/c1-3-4-6(5(2)15,7(9,10)11)8(12,13)14/h15H,2-4H2,1H3. The lowest BCUT2D eigenvalue weighted by Gasteiger charge is -2.36. The molecule has 0 rings (SSSR count). The van der Waals surface area contributed by atoms with E-state index in [-0.39, 0.29) is 6.42 Å². The molecule has 0 unspecified atom stereocenters. The van der Waals surface area contributed by atoms with E-state index in [9.17, 15) is 26.3 Å². The summed E-state index contributed by atoms with van der Waals surface area (Å²) in [5.41, 5.74) is -4.21. The number of hydrogen-bond acceptors (Lipinski definition) is 1. The summed E-state index contributed by atoms with van der Waals surface area (Å²) in [6, 6.07) is 0. The van der Waals surface area contributed by atoms with E-state index in [1.807, 2.05) is 0 Å². The highest BCUT2D eigenvalue weighted by Gasteiger charge is 2.72. The Labute approximate surface area is 82.4 Å². The van der Waals surface area contributed by atoms with Gasteiger partial charge in [0.25, 0.3) is 0 Å². The molecule has 0 aliphatic heterocycles. The predicted molar refractivity (Wildman–Crippen MR) is 41.2 cm³/mol. The first kappa shape index (κ1) is 14.1. The summed E-state index contributed by atoms with van der Waals surface area (Å²) in [5, 5.41) is 8.63. The third-order valence-corrected chi connectivity index (χ3v) is 2.09. The third kappa shape index (κ3) is 2.21. The number of aliphatic hydroxyl groups is 1. The average Bonchev–Trinajstić information content (AvgIpc) is 1.93. The van der Waals surface area contributed by atoms with Gasteiger partial charge in [-0.2, -0.15) is 26.3 Å². The first-order chi connectivity index (χ1) is 6.50. The Morgan fingerprint density at radius 1 is 1.07 bits per heavy atom. The molecule has 0 aliphatic carbocycles. The number of alkyl halides is 6. The van der Waals surface area contributed by atoms with Crippen molar-refractivity contribution in [2.75, 3.05) is 0 Å². The van der Waals surface area contributed by atoms with Crippen LogP contribution in [0.3, 0.4) is 0 Å². The highest BCUT2D eigenvalue weighted by Crippen LogP contribution is 2.56. The molecule has 15 heavy (non-hydrogen) atoms. The summed E-state index contributed by atoms with van der Waals surface area (Å²) in [6.07, 6.45) is -12.9. The van der Waals surface area contributed by atoms with Gasteiger partial charge in [-0.1, -0.05) is 19.9 Å². The van der Waals surface area contributed by atoms with Crippen LogP contribution >= 0.6 is 0 Å². The van der Waals surface area contributed by atoms with E-state index in [0.717, 1.165) is 6.92 Å². The lowest BCUT2D eigenvalue weighted by atomic mass is 9.80. The van der Waals surface area contributed by atoms with Gasteiger partial charge in [-0.15, -0.1) is 0 Å². The summed E-state index contributed by atoms with van der Waals surface area (Å²) < 4.78 is 74.2. The van der Waals surface area contributed by atoms with E-state index in [1.165, 1.54) is 0 Å². The van der Waals surface area contributed by atoms with Gasteiger partial charge < -0.3 is 5.11 Å². The Balaban J connectivity index is 5.61. The number of allylic oxidation sites excluding steroid dienone is 1. The number of halogens is 6. The molecule has 0 radical (unpaired) electrons. The van der Waals surface area contributed by atoms with Crippen LogP contribution in [-0.2, 0) is 0 Å². The maximum Gasteiger partial charge on any atom is 0.410 e. The van der Waals surface area contributed by atoms with Gasteiger partial charge in [0.2, 0.25) is 5.41 Å². The van der Waals surface area contributed by atoms with Crippen molar-refractivity contribution >= 4 is 0 Å². The van der Waals surface area contributed by atoms with E-state index >= 15 is 0 Å². The molecule has 0 fully saturated rings. The van der Waals surface area contributed by atoms with Gasteiger partial charge in [-0.05, 0) is 6.42 Å². The van der Waals surface area contributed by atoms with E-state index < -0.39 is 29.9 Å². The van der Waals surface area contributed by atoms with Crippen LogP contribution in [0.4, 0.5) is 26.3 Å². The van der Waals surface area contributed by atoms with Crippen molar-refractivity contribution in [3.8, 4) is 0 Å². The van der Waals surface area contributed by atoms with Crippen molar-refractivity contribution in [3.63, 3.8) is 0 Å². The highest BCUT2D eigenvalue weighted by atomic mass is 19.4. The molecule has 0 saturated heterocycles. The smallest absolute Gasteiger partial charge is 0.410 e. The molecule has 7 heteroatoms. The molecule has 0 spiro atoms. The van der Waals surface area contributed by atoms with Crippen LogP contribution in [0.1, 0.15) is 19.8 Å². The lowest BCUT2D eigenvalue weighted by Crippen LogP contribution is -2.51. The van der Waals surface area contributed by atoms with Crippen LogP contribution in [0.15, 0.2) is 12.3 Å². The van der Waals surface area contributed by atoms with Gasteiger partial charge in [-0.25, -0.2) is 0 Å². The van der Waals surface area contributed by atoms with Gasteiger partial charge in [0.05, 0.1) is 0 Å². The van der Waals surface area contributed by atoms with E-state index in [4.69, 9.17) is 5.11 Å². The maximum absolute atomic E-state index is 12.4. The molecule has 0 aromatic heterocycles. The Kier molecular flexibility index (Phi) is 3.71. The van der Waals surface area contributed by atoms with Crippen LogP contribution in [0.5, 0.6) is 0 Å². The SMILES string of the molecule is C=C(O)C(CCC)(C(F)(F)F)C(F)(F)F. The van der Waals surface area contributed by atoms with Gasteiger partial charge in [-0.3, -0.25) is 0 Å². The summed E-state index contributed by atoms with van der Waals surface area (Å²) in [7, 11) is 0. The Hall–Kier alpha value is -0.880. The molecule has 90 valence electrons. The monoisotopic (exact) mass is 236 g/mol. The molecular weight excluding hydrogens is 226 g/mol. The predicted octanol–water partition coefficient (Wildman–Crippen LogP) is 3.97. The second kappa shape index (κ2) is 3.94. The minimum atomic E-state index is -5.60. The molecule has 0 aromatic rings. The van der Waals surface area contributed by atoms with Crippen LogP contribution in [-0.4, -0.2) is 17.5 Å². The highest BCUT2D eigenvalue weighted by molar-refractivity contribution is 5.11. The molecule has 0 aliphatic rings. The molecular formula is C8H10F6O. The molecule has 0 atom stereocenters. The fourth-order valence-electron chi connectivity index (χ4n) is 1.29. The summed E-state index contributed by atoms with van der Waals surface area (Å²) >= 11 is 0. The zero-order valence-corrected chi connectivity index (χ0v) is 7.84. The molecule has 0 aromatic carbocycles. The second-order valence-electron chi connectivity index (χ2n) is 3.10. The van der Waals surface area contributed by atoms with E-state index in [2.05, 4.69) is 6.58 Å². The third-order valence-electron chi connectivity index (χ3n) is 2.09. The number of aliphatic hydroxyl groups excluding tert-OH is 1. The fraction of sp³-hybridized carbons (Fsp3) is 0.750.